The van der Waals surface area contributed by atoms with Gasteiger partial charge in [0.2, 0.25) is 0 Å². The second kappa shape index (κ2) is 8.32. The quantitative estimate of drug-likeness (QED) is 0.317. The zero-order valence-corrected chi connectivity index (χ0v) is 16.9. The predicted molar refractivity (Wildman–Crippen MR) is 112 cm³/mol. The number of fused-ring (bicyclic) bond motifs is 1. The van der Waals surface area contributed by atoms with Crippen molar-refractivity contribution in [3.8, 4) is 11.3 Å². The van der Waals surface area contributed by atoms with E-state index in [-0.39, 0.29) is 5.56 Å². The van der Waals surface area contributed by atoms with Crippen molar-refractivity contribution < 1.29 is 36.2 Å². The summed E-state index contributed by atoms with van der Waals surface area (Å²) in [6, 6.07) is 10.7. The smallest absolute Gasteiger partial charge is 0.418 e. The Balaban J connectivity index is 1.73. The Labute approximate surface area is 187 Å². The fourth-order valence-electron chi connectivity index (χ4n) is 3.33. The molecule has 0 radical (unpaired) electrons. The van der Waals surface area contributed by atoms with Crippen LogP contribution in [0.5, 0.6) is 0 Å². The minimum atomic E-state index is -4.85. The van der Waals surface area contributed by atoms with E-state index in [2.05, 4.69) is 15.3 Å². The fraction of sp³-hybridized carbons (Fsp3) is 0.0870. The van der Waals surface area contributed by atoms with Gasteiger partial charge in [-0.25, -0.2) is 4.79 Å². The van der Waals surface area contributed by atoms with Gasteiger partial charge in [0.25, 0.3) is 0 Å². The number of nitrogens with one attached hydrogen (secondary N) is 1. The van der Waals surface area contributed by atoms with Crippen LogP contribution in [-0.4, -0.2) is 21.0 Å². The number of halogens is 6. The van der Waals surface area contributed by atoms with Gasteiger partial charge in [-0.15, -0.1) is 0 Å². The SMILES string of the molecule is O=C(O)c1cnc(-c2ccc3c(Nc4ccc(C(F)(F)F)cc4)ccnc3c2)c(C(F)(F)F)c1. The van der Waals surface area contributed by atoms with Gasteiger partial charge < -0.3 is 10.4 Å². The average Bonchev–Trinajstić information content (AvgIpc) is 2.77. The van der Waals surface area contributed by atoms with Crippen LogP contribution in [0, 0.1) is 0 Å². The maximum atomic E-state index is 13.6. The molecule has 0 aliphatic rings. The number of nitrogens with zero attached hydrogens (tertiary/aromatic N) is 2. The normalized spacial score (nSPS) is 12.1. The van der Waals surface area contributed by atoms with E-state index in [0.717, 1.165) is 18.3 Å². The van der Waals surface area contributed by atoms with E-state index in [0.29, 0.717) is 28.3 Å². The Morgan fingerprint density at radius 2 is 1.56 bits per heavy atom. The van der Waals surface area contributed by atoms with E-state index in [9.17, 15) is 31.1 Å². The molecule has 2 heterocycles. The zero-order chi connectivity index (χ0) is 24.7. The topological polar surface area (TPSA) is 75.1 Å². The van der Waals surface area contributed by atoms with Crippen LogP contribution in [0.15, 0.2) is 67.0 Å². The molecule has 0 spiro atoms. The summed E-state index contributed by atoms with van der Waals surface area (Å²) < 4.78 is 79.0. The van der Waals surface area contributed by atoms with E-state index < -0.39 is 40.7 Å². The first kappa shape index (κ1) is 23.0. The molecule has 0 saturated heterocycles. The largest absolute Gasteiger partial charge is 0.478 e. The van der Waals surface area contributed by atoms with Crippen LogP contribution in [0.25, 0.3) is 22.2 Å². The lowest BCUT2D eigenvalue weighted by Crippen LogP contribution is -2.11. The Morgan fingerprint density at radius 3 is 2.18 bits per heavy atom. The number of alkyl halides is 6. The number of carbonyl (C=O) groups is 1. The number of hydrogen-bond donors (Lipinski definition) is 2. The molecule has 0 bridgehead atoms. The number of hydrogen-bond acceptors (Lipinski definition) is 4. The summed E-state index contributed by atoms with van der Waals surface area (Å²) in [5.74, 6) is -1.54. The van der Waals surface area contributed by atoms with Crippen molar-refractivity contribution in [1.29, 1.82) is 0 Å². The van der Waals surface area contributed by atoms with Crippen LogP contribution in [0.1, 0.15) is 21.5 Å². The van der Waals surface area contributed by atoms with E-state index in [1.807, 2.05) is 0 Å². The lowest BCUT2D eigenvalue weighted by Gasteiger charge is -2.14. The van der Waals surface area contributed by atoms with E-state index >= 15 is 0 Å². The van der Waals surface area contributed by atoms with Gasteiger partial charge in [0, 0.05) is 34.7 Å². The molecule has 4 rings (SSSR count). The minimum Gasteiger partial charge on any atom is -0.478 e. The minimum absolute atomic E-state index is 0.0657. The second-order valence-corrected chi connectivity index (χ2v) is 7.21. The van der Waals surface area contributed by atoms with Crippen LogP contribution < -0.4 is 5.32 Å². The highest BCUT2D eigenvalue weighted by Crippen LogP contribution is 2.38. The number of anilines is 2. The van der Waals surface area contributed by atoms with Gasteiger partial charge in [-0.3, -0.25) is 9.97 Å². The summed E-state index contributed by atoms with van der Waals surface area (Å²) in [5.41, 5.74) is -1.85. The molecule has 0 atom stereocenters. The molecule has 34 heavy (non-hydrogen) atoms. The summed E-state index contributed by atoms with van der Waals surface area (Å²) in [7, 11) is 0. The highest BCUT2D eigenvalue weighted by Gasteiger charge is 2.35. The molecule has 11 heteroatoms. The first-order valence-corrected chi connectivity index (χ1v) is 9.57. The summed E-state index contributed by atoms with van der Waals surface area (Å²) >= 11 is 0. The molecule has 5 nitrogen and oxygen atoms in total. The monoisotopic (exact) mass is 477 g/mol. The lowest BCUT2D eigenvalue weighted by atomic mass is 10.0. The van der Waals surface area contributed by atoms with Gasteiger partial charge >= 0.3 is 18.3 Å². The van der Waals surface area contributed by atoms with Gasteiger partial charge in [0.1, 0.15) is 0 Å². The molecule has 0 fully saturated rings. The van der Waals surface area contributed by atoms with Crippen molar-refractivity contribution in [3.63, 3.8) is 0 Å². The number of rotatable bonds is 4. The molecular weight excluding hydrogens is 464 g/mol. The first-order chi connectivity index (χ1) is 15.9. The van der Waals surface area contributed by atoms with Crippen molar-refractivity contribution in [2.24, 2.45) is 0 Å². The summed E-state index contributed by atoms with van der Waals surface area (Å²) in [5, 5.41) is 12.5. The predicted octanol–water partition coefficient (Wildman–Crippen LogP) is 6.78. The number of aromatic carboxylic acids is 1. The van der Waals surface area contributed by atoms with Crippen LogP contribution in [0.2, 0.25) is 0 Å². The maximum absolute atomic E-state index is 13.6. The number of carboxylic acid groups (broad SMARTS) is 1. The van der Waals surface area contributed by atoms with Crippen molar-refractivity contribution in [2.75, 3.05) is 5.32 Å². The zero-order valence-electron chi connectivity index (χ0n) is 16.9. The van der Waals surface area contributed by atoms with Crippen LogP contribution >= 0.6 is 0 Å². The Kier molecular flexibility index (Phi) is 5.64. The van der Waals surface area contributed by atoms with Gasteiger partial charge in [-0.2, -0.15) is 26.3 Å². The van der Waals surface area contributed by atoms with E-state index in [1.165, 1.54) is 36.5 Å². The molecule has 4 aromatic rings. The van der Waals surface area contributed by atoms with Gasteiger partial charge in [0.15, 0.2) is 0 Å². The first-order valence-electron chi connectivity index (χ1n) is 9.57. The number of carboxylic acids is 1. The third kappa shape index (κ3) is 4.63. The number of aromatic nitrogens is 2. The van der Waals surface area contributed by atoms with Crippen molar-refractivity contribution in [3.05, 3.63) is 83.7 Å². The second-order valence-electron chi connectivity index (χ2n) is 7.21. The molecule has 0 saturated carbocycles. The standard InChI is InChI=1S/C23H13F6N3O2/c24-22(25,26)14-2-4-15(5-3-14)32-18-7-8-30-19-10-12(1-6-16(18)19)20-17(23(27,28)29)9-13(11-31-20)21(33)34/h1-11H,(H,30,32)(H,33,34). The van der Waals surface area contributed by atoms with Gasteiger partial charge in [-0.1, -0.05) is 12.1 Å². The van der Waals surface area contributed by atoms with Gasteiger partial charge in [-0.05, 0) is 42.5 Å². The highest BCUT2D eigenvalue weighted by molar-refractivity contribution is 5.95. The van der Waals surface area contributed by atoms with E-state index in [1.54, 1.807) is 6.07 Å². The average molecular weight is 477 g/mol. The maximum Gasteiger partial charge on any atom is 0.418 e. The third-order valence-corrected chi connectivity index (χ3v) is 4.95. The van der Waals surface area contributed by atoms with Crippen molar-refractivity contribution in [1.82, 2.24) is 9.97 Å². The summed E-state index contributed by atoms with van der Waals surface area (Å²) in [4.78, 5) is 19.0. The Hall–Kier alpha value is -4.15. The van der Waals surface area contributed by atoms with Crippen LogP contribution in [-0.2, 0) is 12.4 Å². The van der Waals surface area contributed by atoms with Crippen LogP contribution in [0.3, 0.4) is 0 Å². The third-order valence-electron chi connectivity index (χ3n) is 4.95. The molecule has 0 unspecified atom stereocenters. The summed E-state index contributed by atoms with van der Waals surface area (Å²) in [6.45, 7) is 0. The molecule has 174 valence electrons. The Morgan fingerprint density at radius 1 is 0.853 bits per heavy atom. The van der Waals surface area contributed by atoms with Crippen molar-refractivity contribution in [2.45, 2.75) is 12.4 Å². The molecule has 2 aromatic heterocycles. The van der Waals surface area contributed by atoms with Gasteiger partial charge in [0.05, 0.1) is 27.9 Å². The summed E-state index contributed by atoms with van der Waals surface area (Å²) in [6.07, 6.45) is -7.08. The number of pyridine rings is 2. The molecule has 0 amide bonds. The number of benzene rings is 2. The molecular formula is C23H13F6N3O2. The molecule has 0 aliphatic carbocycles. The molecule has 2 N–H and O–H groups in total. The fourth-order valence-corrected chi connectivity index (χ4v) is 3.33. The van der Waals surface area contributed by atoms with Crippen LogP contribution in [0.4, 0.5) is 37.7 Å². The lowest BCUT2D eigenvalue weighted by molar-refractivity contribution is -0.138. The molecule has 2 aromatic carbocycles. The Bertz CT molecular complexity index is 1380. The van der Waals surface area contributed by atoms with E-state index in [4.69, 9.17) is 5.11 Å². The van der Waals surface area contributed by atoms with Crippen molar-refractivity contribution >= 4 is 28.2 Å². The highest BCUT2D eigenvalue weighted by atomic mass is 19.4. The molecule has 0 aliphatic heterocycles.